The molecule has 3 N–H and O–H groups in total. The van der Waals surface area contributed by atoms with E-state index in [9.17, 15) is 9.18 Å². The molecular formula is C14H10FN3OS. The summed E-state index contributed by atoms with van der Waals surface area (Å²) in [5.41, 5.74) is 6.96. The molecule has 4 nitrogen and oxygen atoms in total. The van der Waals surface area contributed by atoms with Gasteiger partial charge in [-0.05, 0) is 30.3 Å². The Morgan fingerprint density at radius 2 is 2.10 bits per heavy atom. The van der Waals surface area contributed by atoms with E-state index in [1.807, 2.05) is 0 Å². The van der Waals surface area contributed by atoms with Crippen LogP contribution in [0.15, 0.2) is 42.5 Å². The quantitative estimate of drug-likeness (QED) is 0.776. The topological polar surface area (TPSA) is 68.0 Å². The number of carbonyl (C=O) groups is 1. The van der Waals surface area contributed by atoms with Crippen molar-refractivity contribution in [1.29, 1.82) is 0 Å². The van der Waals surface area contributed by atoms with Crippen LogP contribution in [0, 0.1) is 5.82 Å². The van der Waals surface area contributed by atoms with E-state index in [-0.39, 0.29) is 5.82 Å². The van der Waals surface area contributed by atoms with E-state index in [4.69, 9.17) is 5.73 Å². The SMILES string of the molecule is NC(=O)c1cccc(Nc2nc3cc(F)ccc3s2)c1. The summed E-state index contributed by atoms with van der Waals surface area (Å²) >= 11 is 1.41. The van der Waals surface area contributed by atoms with Crippen LogP contribution in [-0.4, -0.2) is 10.9 Å². The minimum Gasteiger partial charge on any atom is -0.366 e. The third-order valence-electron chi connectivity index (χ3n) is 2.75. The van der Waals surface area contributed by atoms with Crippen molar-refractivity contribution in [2.75, 3.05) is 5.32 Å². The first-order valence-corrected chi connectivity index (χ1v) is 6.66. The van der Waals surface area contributed by atoms with Crippen LogP contribution in [-0.2, 0) is 0 Å². The molecule has 20 heavy (non-hydrogen) atoms. The number of fused-ring (bicyclic) bond motifs is 1. The lowest BCUT2D eigenvalue weighted by Crippen LogP contribution is -2.10. The highest BCUT2D eigenvalue weighted by Crippen LogP contribution is 2.28. The van der Waals surface area contributed by atoms with Crippen molar-refractivity contribution in [1.82, 2.24) is 4.98 Å². The van der Waals surface area contributed by atoms with Gasteiger partial charge in [-0.2, -0.15) is 0 Å². The molecule has 0 radical (unpaired) electrons. The van der Waals surface area contributed by atoms with Gasteiger partial charge in [0.25, 0.3) is 0 Å². The van der Waals surface area contributed by atoms with Gasteiger partial charge in [0.05, 0.1) is 10.2 Å². The van der Waals surface area contributed by atoms with Gasteiger partial charge < -0.3 is 11.1 Å². The standard InChI is InChI=1S/C14H10FN3OS/c15-9-4-5-12-11(7-9)18-14(20-12)17-10-3-1-2-8(6-10)13(16)19/h1-7H,(H2,16,19)(H,17,18). The maximum atomic E-state index is 13.1. The van der Waals surface area contributed by atoms with Crippen molar-refractivity contribution in [3.8, 4) is 0 Å². The van der Waals surface area contributed by atoms with Crippen molar-refractivity contribution < 1.29 is 9.18 Å². The predicted molar refractivity (Wildman–Crippen MR) is 77.8 cm³/mol. The zero-order valence-electron chi connectivity index (χ0n) is 10.3. The molecule has 0 saturated carbocycles. The highest BCUT2D eigenvalue weighted by Gasteiger charge is 2.06. The molecule has 3 rings (SSSR count). The highest BCUT2D eigenvalue weighted by molar-refractivity contribution is 7.22. The number of carbonyl (C=O) groups excluding carboxylic acids is 1. The van der Waals surface area contributed by atoms with E-state index >= 15 is 0 Å². The number of aromatic nitrogens is 1. The Morgan fingerprint density at radius 3 is 2.90 bits per heavy atom. The second-order valence-corrected chi connectivity index (χ2v) is 5.23. The first-order chi connectivity index (χ1) is 9.61. The molecule has 0 fully saturated rings. The van der Waals surface area contributed by atoms with Crippen LogP contribution in [0.2, 0.25) is 0 Å². The number of anilines is 2. The van der Waals surface area contributed by atoms with E-state index in [2.05, 4.69) is 10.3 Å². The van der Waals surface area contributed by atoms with Gasteiger partial charge in [0.15, 0.2) is 5.13 Å². The van der Waals surface area contributed by atoms with E-state index in [1.165, 1.54) is 23.5 Å². The monoisotopic (exact) mass is 287 g/mol. The molecule has 0 unspecified atom stereocenters. The van der Waals surface area contributed by atoms with Gasteiger partial charge in [0.1, 0.15) is 5.82 Å². The molecule has 1 heterocycles. The summed E-state index contributed by atoms with van der Waals surface area (Å²) in [5, 5.41) is 3.72. The van der Waals surface area contributed by atoms with Gasteiger partial charge in [0.2, 0.25) is 5.91 Å². The maximum absolute atomic E-state index is 13.1. The predicted octanol–water partition coefficient (Wildman–Crippen LogP) is 3.28. The minimum atomic E-state index is -0.486. The van der Waals surface area contributed by atoms with E-state index in [1.54, 1.807) is 30.3 Å². The number of nitrogens with zero attached hydrogens (tertiary/aromatic N) is 1. The van der Waals surface area contributed by atoms with Gasteiger partial charge in [-0.25, -0.2) is 9.37 Å². The first kappa shape index (κ1) is 12.6. The fourth-order valence-electron chi connectivity index (χ4n) is 1.83. The third kappa shape index (κ3) is 2.46. The molecule has 0 spiro atoms. The van der Waals surface area contributed by atoms with Crippen molar-refractivity contribution in [3.05, 3.63) is 53.8 Å². The average molecular weight is 287 g/mol. The summed E-state index contributed by atoms with van der Waals surface area (Å²) in [7, 11) is 0. The van der Waals surface area contributed by atoms with Crippen molar-refractivity contribution in [2.24, 2.45) is 5.73 Å². The first-order valence-electron chi connectivity index (χ1n) is 5.85. The van der Waals surface area contributed by atoms with Crippen molar-refractivity contribution in [3.63, 3.8) is 0 Å². The lowest BCUT2D eigenvalue weighted by molar-refractivity contribution is 0.100. The van der Waals surface area contributed by atoms with Crippen LogP contribution < -0.4 is 11.1 Å². The number of nitrogens with two attached hydrogens (primary N) is 1. The average Bonchev–Trinajstić information content (AvgIpc) is 2.80. The summed E-state index contributed by atoms with van der Waals surface area (Å²) in [6.07, 6.45) is 0. The fourth-order valence-corrected chi connectivity index (χ4v) is 2.69. The Morgan fingerprint density at radius 1 is 1.25 bits per heavy atom. The molecule has 2 aromatic carbocycles. The lowest BCUT2D eigenvalue weighted by atomic mass is 10.2. The lowest BCUT2D eigenvalue weighted by Gasteiger charge is -2.03. The van der Waals surface area contributed by atoms with Crippen molar-refractivity contribution in [2.45, 2.75) is 0 Å². The minimum absolute atomic E-state index is 0.315. The van der Waals surface area contributed by atoms with Crippen LogP contribution in [0.3, 0.4) is 0 Å². The number of halogens is 1. The summed E-state index contributed by atoms with van der Waals surface area (Å²) < 4.78 is 14.0. The number of hydrogen-bond donors (Lipinski definition) is 2. The van der Waals surface area contributed by atoms with E-state index in [0.717, 1.165) is 4.70 Å². The van der Waals surface area contributed by atoms with E-state index < -0.39 is 5.91 Å². The molecule has 0 saturated heterocycles. The molecular weight excluding hydrogens is 277 g/mol. The second kappa shape index (κ2) is 4.90. The molecule has 3 aromatic rings. The molecule has 100 valence electrons. The molecule has 0 aliphatic rings. The number of hydrogen-bond acceptors (Lipinski definition) is 4. The molecule has 0 aliphatic carbocycles. The molecule has 0 atom stereocenters. The largest absolute Gasteiger partial charge is 0.366 e. The molecule has 1 amide bonds. The number of rotatable bonds is 3. The van der Waals surface area contributed by atoms with Crippen LogP contribution in [0.5, 0.6) is 0 Å². The summed E-state index contributed by atoms with van der Waals surface area (Å²) in [6, 6.07) is 11.3. The van der Waals surface area contributed by atoms with Crippen LogP contribution in [0.4, 0.5) is 15.2 Å². The van der Waals surface area contributed by atoms with Crippen LogP contribution in [0.25, 0.3) is 10.2 Å². The Balaban J connectivity index is 1.92. The Labute approximate surface area is 118 Å². The summed E-state index contributed by atoms with van der Waals surface area (Å²) in [4.78, 5) is 15.4. The summed E-state index contributed by atoms with van der Waals surface area (Å²) in [6.45, 7) is 0. The zero-order valence-corrected chi connectivity index (χ0v) is 11.1. The van der Waals surface area contributed by atoms with Crippen molar-refractivity contribution >= 4 is 38.3 Å². The van der Waals surface area contributed by atoms with Gasteiger partial charge in [-0.1, -0.05) is 17.4 Å². The Kier molecular flexibility index (Phi) is 3.08. The van der Waals surface area contributed by atoms with Gasteiger partial charge in [0, 0.05) is 17.3 Å². The normalized spacial score (nSPS) is 10.7. The summed E-state index contributed by atoms with van der Waals surface area (Å²) in [5.74, 6) is -0.801. The Hall–Kier alpha value is -2.47. The number of primary amides is 1. The smallest absolute Gasteiger partial charge is 0.248 e. The molecule has 1 aromatic heterocycles. The number of amides is 1. The Bertz CT molecular complexity index is 800. The maximum Gasteiger partial charge on any atom is 0.248 e. The second-order valence-electron chi connectivity index (χ2n) is 4.20. The molecule has 0 bridgehead atoms. The molecule has 0 aliphatic heterocycles. The highest BCUT2D eigenvalue weighted by atomic mass is 32.1. The van der Waals surface area contributed by atoms with E-state index in [0.29, 0.717) is 21.9 Å². The van der Waals surface area contributed by atoms with Gasteiger partial charge >= 0.3 is 0 Å². The number of nitrogens with one attached hydrogen (secondary N) is 1. The zero-order chi connectivity index (χ0) is 14.1. The number of benzene rings is 2. The van der Waals surface area contributed by atoms with Gasteiger partial charge in [-0.15, -0.1) is 0 Å². The van der Waals surface area contributed by atoms with Crippen LogP contribution in [0.1, 0.15) is 10.4 Å². The van der Waals surface area contributed by atoms with Gasteiger partial charge in [-0.3, -0.25) is 4.79 Å². The van der Waals surface area contributed by atoms with Crippen LogP contribution >= 0.6 is 11.3 Å². The fraction of sp³-hybridized carbons (Fsp3) is 0. The number of thiazole rings is 1. The molecule has 6 heteroatoms. The third-order valence-corrected chi connectivity index (χ3v) is 3.70.